The van der Waals surface area contributed by atoms with Crippen LogP contribution in [0.5, 0.6) is 5.75 Å². The molecule has 2 heterocycles. The fourth-order valence-corrected chi connectivity index (χ4v) is 3.50. The predicted molar refractivity (Wildman–Crippen MR) is 108 cm³/mol. The van der Waals surface area contributed by atoms with Crippen LogP contribution in [-0.2, 0) is 6.54 Å². The summed E-state index contributed by atoms with van der Waals surface area (Å²) in [6.07, 6.45) is 5.40. The van der Waals surface area contributed by atoms with Gasteiger partial charge in [0.1, 0.15) is 11.4 Å². The number of unbranched alkanes of at least 4 members (excludes halogenated alkanes) is 2. The maximum absolute atomic E-state index is 13.1. The normalized spacial score (nSPS) is 11.3. The Balaban J connectivity index is 1.89. The van der Waals surface area contributed by atoms with Crippen molar-refractivity contribution in [2.45, 2.75) is 32.7 Å². The number of fused-ring (bicyclic) bond motifs is 3. The van der Waals surface area contributed by atoms with Gasteiger partial charge in [-0.3, -0.25) is 4.79 Å². The molecule has 27 heavy (non-hydrogen) atoms. The molecular formula is C22H23N3O2. The Kier molecular flexibility index (Phi) is 4.67. The molecule has 0 N–H and O–H groups in total. The molecule has 0 bridgehead atoms. The van der Waals surface area contributed by atoms with E-state index in [-0.39, 0.29) is 5.56 Å². The predicted octanol–water partition coefficient (Wildman–Crippen LogP) is 4.49. The molecule has 0 saturated heterocycles. The van der Waals surface area contributed by atoms with Crippen molar-refractivity contribution < 1.29 is 4.74 Å². The van der Waals surface area contributed by atoms with Gasteiger partial charge in [-0.05, 0) is 36.8 Å². The molecule has 2 aliphatic rings. The van der Waals surface area contributed by atoms with Gasteiger partial charge in [-0.25, -0.2) is 0 Å². The lowest BCUT2D eigenvalue weighted by Crippen LogP contribution is -2.15. The molecular weight excluding hydrogens is 338 g/mol. The molecule has 0 unspecified atom stereocenters. The van der Waals surface area contributed by atoms with Crippen molar-refractivity contribution >= 4 is 10.9 Å². The zero-order valence-corrected chi connectivity index (χ0v) is 15.7. The van der Waals surface area contributed by atoms with Crippen LogP contribution < -0.4 is 10.3 Å². The van der Waals surface area contributed by atoms with E-state index in [9.17, 15) is 4.79 Å². The molecule has 0 amide bonds. The van der Waals surface area contributed by atoms with E-state index in [0.717, 1.165) is 41.0 Å². The van der Waals surface area contributed by atoms with E-state index in [1.807, 2.05) is 48.7 Å². The first-order valence-electron chi connectivity index (χ1n) is 9.38. The zero-order valence-electron chi connectivity index (χ0n) is 15.7. The smallest absolute Gasteiger partial charge is 0.282 e. The number of pyridine rings is 1. The lowest BCUT2D eigenvalue weighted by atomic mass is 10.1. The minimum atomic E-state index is -0.0924. The van der Waals surface area contributed by atoms with Crippen LogP contribution in [-0.4, -0.2) is 21.5 Å². The number of hydrogen-bond acceptors (Lipinski definition) is 3. The number of aryl methyl sites for hydroxylation is 1. The zero-order chi connectivity index (χ0) is 18.8. The van der Waals surface area contributed by atoms with Crippen molar-refractivity contribution in [3.8, 4) is 22.7 Å². The molecule has 2 aliphatic heterocycles. The fraction of sp³-hybridized carbons (Fsp3) is 0.273. The van der Waals surface area contributed by atoms with Crippen LogP contribution in [0.25, 0.3) is 27.8 Å². The molecule has 0 radical (unpaired) electrons. The summed E-state index contributed by atoms with van der Waals surface area (Å²) >= 11 is 0. The maximum atomic E-state index is 13.1. The summed E-state index contributed by atoms with van der Waals surface area (Å²) in [7, 11) is 1.62. The Morgan fingerprint density at radius 3 is 2.56 bits per heavy atom. The number of aromatic nitrogens is 3. The second-order valence-electron chi connectivity index (χ2n) is 6.72. The standard InChI is InChI=1S/C22H23N3O2/c1-3-4-7-14-24-15-19-21(18-8-5-6-9-20(18)24)23-25(22(19)26)16-10-12-17(27-2)13-11-16/h5-6,8-13,15H,3-4,7,14H2,1-2H3. The van der Waals surface area contributed by atoms with Crippen molar-refractivity contribution in [2.75, 3.05) is 7.11 Å². The quantitative estimate of drug-likeness (QED) is 0.475. The highest BCUT2D eigenvalue weighted by Gasteiger charge is 2.20. The first-order chi connectivity index (χ1) is 13.2. The van der Waals surface area contributed by atoms with Crippen LogP contribution in [0.4, 0.5) is 0 Å². The van der Waals surface area contributed by atoms with Gasteiger partial charge in [-0.15, -0.1) is 0 Å². The van der Waals surface area contributed by atoms with Gasteiger partial charge in [0.15, 0.2) is 0 Å². The van der Waals surface area contributed by atoms with Gasteiger partial charge >= 0.3 is 0 Å². The van der Waals surface area contributed by atoms with E-state index in [0.29, 0.717) is 5.56 Å². The number of methoxy groups -OCH3 is 1. The summed E-state index contributed by atoms with van der Waals surface area (Å²) in [5.74, 6) is 0.752. The number of rotatable bonds is 6. The van der Waals surface area contributed by atoms with Crippen molar-refractivity contribution in [3.05, 3.63) is 65.1 Å². The topological polar surface area (TPSA) is 49.0 Å². The molecule has 5 heteroatoms. The highest BCUT2D eigenvalue weighted by Crippen LogP contribution is 2.28. The number of benzene rings is 2. The summed E-state index contributed by atoms with van der Waals surface area (Å²) in [5.41, 5.74) is 3.16. The third kappa shape index (κ3) is 3.10. The fourth-order valence-electron chi connectivity index (χ4n) is 3.50. The lowest BCUT2D eigenvalue weighted by Gasteiger charge is -2.13. The summed E-state index contributed by atoms with van der Waals surface area (Å²) < 4.78 is 8.87. The van der Waals surface area contributed by atoms with Gasteiger partial charge in [-0.2, -0.15) is 9.78 Å². The first-order valence-corrected chi connectivity index (χ1v) is 9.38. The van der Waals surface area contributed by atoms with E-state index in [1.165, 1.54) is 17.5 Å². The van der Waals surface area contributed by atoms with Gasteiger partial charge < -0.3 is 9.30 Å². The van der Waals surface area contributed by atoms with E-state index in [2.05, 4.69) is 22.7 Å². The van der Waals surface area contributed by atoms with Crippen LogP contribution in [0.1, 0.15) is 26.2 Å². The van der Waals surface area contributed by atoms with Crippen LogP contribution in [0, 0.1) is 0 Å². The number of nitrogens with zero attached hydrogens (tertiary/aromatic N) is 3. The molecule has 0 aliphatic carbocycles. The maximum Gasteiger partial charge on any atom is 0.282 e. The minimum Gasteiger partial charge on any atom is -0.497 e. The molecule has 0 atom stereocenters. The van der Waals surface area contributed by atoms with Crippen LogP contribution in [0.3, 0.4) is 0 Å². The van der Waals surface area contributed by atoms with Crippen LogP contribution in [0.2, 0.25) is 0 Å². The third-order valence-corrected chi connectivity index (χ3v) is 4.95. The van der Waals surface area contributed by atoms with Crippen molar-refractivity contribution in [2.24, 2.45) is 0 Å². The molecule has 2 aromatic carbocycles. The van der Waals surface area contributed by atoms with Gasteiger partial charge in [0, 0.05) is 18.1 Å². The Bertz CT molecular complexity index is 1090. The van der Waals surface area contributed by atoms with Gasteiger partial charge in [0.2, 0.25) is 0 Å². The van der Waals surface area contributed by atoms with Crippen LogP contribution >= 0.6 is 0 Å². The Morgan fingerprint density at radius 2 is 1.81 bits per heavy atom. The summed E-state index contributed by atoms with van der Waals surface area (Å²) in [6.45, 7) is 3.10. The van der Waals surface area contributed by atoms with Crippen molar-refractivity contribution in [1.82, 2.24) is 14.3 Å². The monoisotopic (exact) mass is 361 g/mol. The van der Waals surface area contributed by atoms with E-state index in [1.54, 1.807) is 7.11 Å². The largest absolute Gasteiger partial charge is 0.497 e. The molecule has 4 rings (SSSR count). The second kappa shape index (κ2) is 7.27. The van der Waals surface area contributed by atoms with Crippen LogP contribution in [0.15, 0.2) is 59.5 Å². The molecule has 0 saturated carbocycles. The Hall–Kier alpha value is -3.08. The first kappa shape index (κ1) is 17.3. The Morgan fingerprint density at radius 1 is 1.04 bits per heavy atom. The summed E-state index contributed by atoms with van der Waals surface area (Å²) in [4.78, 5) is 13.1. The van der Waals surface area contributed by atoms with Gasteiger partial charge in [-0.1, -0.05) is 38.0 Å². The molecule has 5 nitrogen and oxygen atoms in total. The SMILES string of the molecule is CCCCCn1cc2c(=O)n(-c3ccc(OC)cc3)nc-2c2ccccc21. The minimum absolute atomic E-state index is 0.0924. The van der Waals surface area contributed by atoms with E-state index in [4.69, 9.17) is 4.74 Å². The molecule has 0 spiro atoms. The second-order valence-corrected chi connectivity index (χ2v) is 6.72. The van der Waals surface area contributed by atoms with E-state index >= 15 is 0 Å². The summed E-state index contributed by atoms with van der Waals surface area (Å²) in [6, 6.07) is 15.5. The molecule has 0 aromatic heterocycles. The molecule has 0 fully saturated rings. The van der Waals surface area contributed by atoms with Crippen molar-refractivity contribution in [3.63, 3.8) is 0 Å². The average molecular weight is 361 g/mol. The lowest BCUT2D eigenvalue weighted by molar-refractivity contribution is 0.414. The average Bonchev–Trinajstić information content (AvgIpc) is 3.05. The van der Waals surface area contributed by atoms with E-state index < -0.39 is 0 Å². The van der Waals surface area contributed by atoms with Gasteiger partial charge in [0.25, 0.3) is 5.56 Å². The third-order valence-electron chi connectivity index (χ3n) is 4.95. The number of para-hydroxylation sites is 1. The Labute approximate surface area is 158 Å². The molecule has 138 valence electrons. The van der Waals surface area contributed by atoms with Crippen molar-refractivity contribution in [1.29, 1.82) is 0 Å². The highest BCUT2D eigenvalue weighted by atomic mass is 16.5. The summed E-state index contributed by atoms with van der Waals surface area (Å²) in [5, 5.41) is 5.66. The number of hydrogen-bond donors (Lipinski definition) is 0. The number of ether oxygens (including phenoxy) is 1. The highest BCUT2D eigenvalue weighted by molar-refractivity contribution is 5.93. The molecule has 2 aromatic rings. The van der Waals surface area contributed by atoms with Gasteiger partial charge in [0.05, 0.1) is 23.9 Å².